The van der Waals surface area contributed by atoms with Crippen molar-refractivity contribution in [3.63, 3.8) is 0 Å². The molecular formula is C12H12BrNO2. The van der Waals surface area contributed by atoms with Gasteiger partial charge in [0.2, 0.25) is 0 Å². The van der Waals surface area contributed by atoms with Crippen LogP contribution < -0.4 is 10.1 Å². The molecule has 1 N–H and O–H groups in total. The zero-order valence-electron chi connectivity index (χ0n) is 8.87. The summed E-state index contributed by atoms with van der Waals surface area (Å²) in [5.74, 6) is 0.834. The smallest absolute Gasteiger partial charge is 0.120 e. The number of nitrogens with one attached hydrogen (secondary N) is 1. The Hall–Kier alpha value is -1.42. The molecule has 2 rings (SSSR count). The number of anilines is 1. The molecule has 0 saturated carbocycles. The van der Waals surface area contributed by atoms with E-state index in [2.05, 4.69) is 21.2 Å². The van der Waals surface area contributed by atoms with Crippen LogP contribution in [0.2, 0.25) is 0 Å². The molecule has 3 nitrogen and oxygen atoms in total. The van der Waals surface area contributed by atoms with E-state index in [0.717, 1.165) is 28.0 Å². The van der Waals surface area contributed by atoms with Crippen molar-refractivity contribution < 1.29 is 9.15 Å². The number of furan rings is 1. The van der Waals surface area contributed by atoms with Crippen LogP contribution in [-0.4, -0.2) is 7.11 Å². The first-order chi connectivity index (χ1) is 7.79. The second-order valence-electron chi connectivity index (χ2n) is 3.33. The van der Waals surface area contributed by atoms with Crippen LogP contribution >= 0.6 is 15.9 Å². The molecule has 0 saturated heterocycles. The van der Waals surface area contributed by atoms with Crippen molar-refractivity contribution in [2.75, 3.05) is 12.4 Å². The Balaban J connectivity index is 2.04. The monoisotopic (exact) mass is 281 g/mol. The average Bonchev–Trinajstić information content (AvgIpc) is 2.80. The summed E-state index contributed by atoms with van der Waals surface area (Å²) in [5.41, 5.74) is 2.14. The minimum atomic E-state index is 0.738. The average molecular weight is 282 g/mol. The van der Waals surface area contributed by atoms with E-state index >= 15 is 0 Å². The summed E-state index contributed by atoms with van der Waals surface area (Å²) >= 11 is 3.49. The van der Waals surface area contributed by atoms with Gasteiger partial charge in [0.15, 0.2) is 0 Å². The number of hydrogen-bond donors (Lipinski definition) is 1. The minimum Gasteiger partial charge on any atom is -0.497 e. The molecule has 84 valence electrons. The summed E-state index contributed by atoms with van der Waals surface area (Å²) in [4.78, 5) is 0. The van der Waals surface area contributed by atoms with Gasteiger partial charge in [-0.2, -0.15) is 0 Å². The van der Waals surface area contributed by atoms with Crippen LogP contribution in [-0.2, 0) is 6.54 Å². The minimum absolute atomic E-state index is 0.738. The Kier molecular flexibility index (Phi) is 3.51. The molecule has 2 aromatic rings. The fourth-order valence-electron chi connectivity index (χ4n) is 1.36. The second kappa shape index (κ2) is 5.07. The molecule has 0 unspecified atom stereocenters. The summed E-state index contributed by atoms with van der Waals surface area (Å²) in [6.45, 7) is 0.738. The lowest BCUT2D eigenvalue weighted by atomic mass is 10.3. The Morgan fingerprint density at radius 3 is 2.88 bits per heavy atom. The number of rotatable bonds is 4. The maximum Gasteiger partial charge on any atom is 0.120 e. The van der Waals surface area contributed by atoms with Crippen LogP contribution in [0.15, 0.2) is 45.7 Å². The predicted octanol–water partition coefficient (Wildman–Crippen LogP) is 3.66. The molecule has 4 heteroatoms. The second-order valence-corrected chi connectivity index (χ2v) is 4.19. The van der Waals surface area contributed by atoms with Crippen molar-refractivity contribution >= 4 is 21.6 Å². The van der Waals surface area contributed by atoms with Gasteiger partial charge in [0.1, 0.15) is 5.75 Å². The predicted molar refractivity (Wildman–Crippen MR) is 66.7 cm³/mol. The number of halogens is 1. The molecular weight excluding hydrogens is 270 g/mol. The Morgan fingerprint density at radius 2 is 2.25 bits per heavy atom. The van der Waals surface area contributed by atoms with Crippen molar-refractivity contribution in [1.82, 2.24) is 0 Å². The molecule has 16 heavy (non-hydrogen) atoms. The molecule has 0 aliphatic heterocycles. The van der Waals surface area contributed by atoms with Crippen LogP contribution in [0.3, 0.4) is 0 Å². The maximum atomic E-state index is 5.13. The standard InChI is InChI=1S/C12H12BrNO2/c1-15-10-2-3-12(11(13)6-10)14-7-9-4-5-16-8-9/h2-6,8,14H,7H2,1H3. The highest BCUT2D eigenvalue weighted by Gasteiger charge is 2.01. The zero-order valence-corrected chi connectivity index (χ0v) is 10.5. The molecule has 1 heterocycles. The fourth-order valence-corrected chi connectivity index (χ4v) is 1.85. The van der Waals surface area contributed by atoms with Crippen LogP contribution in [0.5, 0.6) is 5.75 Å². The van der Waals surface area contributed by atoms with Crippen LogP contribution in [0.1, 0.15) is 5.56 Å². The van der Waals surface area contributed by atoms with E-state index in [0.29, 0.717) is 0 Å². The van der Waals surface area contributed by atoms with Crippen LogP contribution in [0.25, 0.3) is 0 Å². The van der Waals surface area contributed by atoms with E-state index in [1.165, 1.54) is 0 Å². The van der Waals surface area contributed by atoms with Gasteiger partial charge >= 0.3 is 0 Å². The summed E-state index contributed by atoms with van der Waals surface area (Å²) in [6.07, 6.45) is 3.39. The molecule has 1 aromatic heterocycles. The molecule has 0 atom stereocenters. The molecule has 0 amide bonds. The van der Waals surface area contributed by atoms with E-state index in [1.807, 2.05) is 24.3 Å². The van der Waals surface area contributed by atoms with Gasteiger partial charge in [0.25, 0.3) is 0 Å². The fraction of sp³-hybridized carbons (Fsp3) is 0.167. The van der Waals surface area contributed by atoms with E-state index in [-0.39, 0.29) is 0 Å². The highest BCUT2D eigenvalue weighted by atomic mass is 79.9. The van der Waals surface area contributed by atoms with Gasteiger partial charge in [-0.05, 0) is 40.2 Å². The SMILES string of the molecule is COc1ccc(NCc2ccoc2)c(Br)c1. The number of benzene rings is 1. The number of hydrogen-bond acceptors (Lipinski definition) is 3. The highest BCUT2D eigenvalue weighted by molar-refractivity contribution is 9.10. The van der Waals surface area contributed by atoms with Crippen molar-refractivity contribution in [3.8, 4) is 5.75 Å². The van der Waals surface area contributed by atoms with E-state index < -0.39 is 0 Å². The van der Waals surface area contributed by atoms with Gasteiger partial charge in [-0.3, -0.25) is 0 Å². The van der Waals surface area contributed by atoms with Gasteiger partial charge in [0, 0.05) is 22.3 Å². The van der Waals surface area contributed by atoms with Gasteiger partial charge in [-0.1, -0.05) is 0 Å². The van der Waals surface area contributed by atoms with E-state index in [4.69, 9.17) is 9.15 Å². The third-order valence-electron chi connectivity index (χ3n) is 2.24. The largest absolute Gasteiger partial charge is 0.497 e. The van der Waals surface area contributed by atoms with Gasteiger partial charge in [0.05, 0.1) is 19.6 Å². The Labute approximate surface area is 103 Å². The van der Waals surface area contributed by atoms with Gasteiger partial charge < -0.3 is 14.5 Å². The number of ether oxygens (including phenoxy) is 1. The molecule has 0 fully saturated rings. The molecule has 0 aliphatic rings. The lowest BCUT2D eigenvalue weighted by molar-refractivity contribution is 0.414. The van der Waals surface area contributed by atoms with Gasteiger partial charge in [-0.25, -0.2) is 0 Å². The highest BCUT2D eigenvalue weighted by Crippen LogP contribution is 2.27. The third kappa shape index (κ3) is 2.58. The van der Waals surface area contributed by atoms with Crippen LogP contribution in [0.4, 0.5) is 5.69 Å². The van der Waals surface area contributed by atoms with E-state index in [9.17, 15) is 0 Å². The quantitative estimate of drug-likeness (QED) is 0.929. The summed E-state index contributed by atoms with van der Waals surface area (Å²) < 4.78 is 11.1. The summed E-state index contributed by atoms with van der Waals surface area (Å²) in [5, 5.41) is 3.30. The lowest BCUT2D eigenvalue weighted by Crippen LogP contribution is -1.98. The first-order valence-electron chi connectivity index (χ1n) is 4.88. The molecule has 1 aromatic carbocycles. The van der Waals surface area contributed by atoms with Crippen molar-refractivity contribution in [3.05, 3.63) is 46.8 Å². The molecule has 0 spiro atoms. The number of methoxy groups -OCH3 is 1. The van der Waals surface area contributed by atoms with Crippen molar-refractivity contribution in [1.29, 1.82) is 0 Å². The molecule has 0 radical (unpaired) electrons. The normalized spacial score (nSPS) is 10.1. The van der Waals surface area contributed by atoms with E-state index in [1.54, 1.807) is 19.6 Å². The molecule has 0 bridgehead atoms. The first kappa shape index (κ1) is 11.1. The van der Waals surface area contributed by atoms with Gasteiger partial charge in [-0.15, -0.1) is 0 Å². The summed E-state index contributed by atoms with van der Waals surface area (Å²) in [7, 11) is 1.65. The lowest BCUT2D eigenvalue weighted by Gasteiger charge is -2.08. The molecule has 0 aliphatic carbocycles. The third-order valence-corrected chi connectivity index (χ3v) is 2.90. The zero-order chi connectivity index (χ0) is 11.4. The van der Waals surface area contributed by atoms with Crippen molar-refractivity contribution in [2.45, 2.75) is 6.54 Å². The van der Waals surface area contributed by atoms with Crippen LogP contribution in [0, 0.1) is 0 Å². The maximum absolute atomic E-state index is 5.13. The topological polar surface area (TPSA) is 34.4 Å². The Bertz CT molecular complexity index is 454. The first-order valence-corrected chi connectivity index (χ1v) is 5.67. The summed E-state index contributed by atoms with van der Waals surface area (Å²) in [6, 6.07) is 7.76. The van der Waals surface area contributed by atoms with Crippen molar-refractivity contribution in [2.24, 2.45) is 0 Å². The Morgan fingerprint density at radius 1 is 1.38 bits per heavy atom.